The Kier molecular flexibility index (Phi) is 6.25. The van der Waals surface area contributed by atoms with E-state index in [9.17, 15) is 21.6 Å². The average Bonchev–Trinajstić information content (AvgIpc) is 3.53. The van der Waals surface area contributed by atoms with Crippen LogP contribution in [-0.4, -0.2) is 64.8 Å². The lowest BCUT2D eigenvalue weighted by Gasteiger charge is -2.32. The number of carboxylic acids is 1. The number of carbonyl (C=O) groups is 1. The highest BCUT2D eigenvalue weighted by atomic mass is 32.2. The molecule has 0 radical (unpaired) electrons. The van der Waals surface area contributed by atoms with Gasteiger partial charge in [0.15, 0.2) is 0 Å². The fourth-order valence-electron chi connectivity index (χ4n) is 3.29. The van der Waals surface area contributed by atoms with Gasteiger partial charge in [-0.3, -0.25) is 4.68 Å². The minimum absolute atomic E-state index is 0.0866. The number of sulfonamides is 1. The molecule has 2 fully saturated rings. The van der Waals surface area contributed by atoms with E-state index in [1.807, 2.05) is 11.7 Å². The monoisotopic (exact) mass is 439 g/mol. The summed E-state index contributed by atoms with van der Waals surface area (Å²) in [6.45, 7) is 2.37. The number of aromatic nitrogens is 2. The van der Waals surface area contributed by atoms with Gasteiger partial charge in [0.25, 0.3) is 0 Å². The van der Waals surface area contributed by atoms with Gasteiger partial charge in [-0.2, -0.15) is 22.6 Å². The summed E-state index contributed by atoms with van der Waals surface area (Å²) in [6, 6.07) is 0. The number of carboxylic acid groups (broad SMARTS) is 1. The Morgan fingerprint density at radius 1 is 1.28 bits per heavy atom. The number of hydrogen-bond acceptors (Lipinski definition) is 5. The molecule has 0 aromatic carbocycles. The van der Waals surface area contributed by atoms with Crippen molar-refractivity contribution in [3.05, 3.63) is 17.5 Å². The Morgan fingerprint density at radius 3 is 2.41 bits per heavy atom. The van der Waals surface area contributed by atoms with Gasteiger partial charge in [-0.25, -0.2) is 13.2 Å². The highest BCUT2D eigenvalue weighted by molar-refractivity contribution is 7.90. The molecule has 0 amide bonds. The van der Waals surface area contributed by atoms with Gasteiger partial charge < -0.3 is 9.84 Å². The fraction of sp³-hybridized carbons (Fsp3) is 0.765. The van der Waals surface area contributed by atoms with Crippen LogP contribution in [0.1, 0.15) is 42.9 Å². The van der Waals surface area contributed by atoms with Crippen LogP contribution in [-0.2, 0) is 33.1 Å². The third kappa shape index (κ3) is 5.48. The molecule has 4 rings (SSSR count). The van der Waals surface area contributed by atoms with Gasteiger partial charge in [-0.05, 0) is 31.6 Å². The Balaban J connectivity index is 0.000000298. The number of alkyl halides is 3. The summed E-state index contributed by atoms with van der Waals surface area (Å²) in [7, 11) is -1.22. The molecule has 3 aliphatic rings. The van der Waals surface area contributed by atoms with Crippen molar-refractivity contribution in [2.45, 2.75) is 49.6 Å². The molecule has 0 bridgehead atoms. The van der Waals surface area contributed by atoms with Crippen molar-refractivity contribution in [2.24, 2.45) is 13.0 Å². The lowest BCUT2D eigenvalue weighted by molar-refractivity contribution is -0.192. The van der Waals surface area contributed by atoms with Gasteiger partial charge in [-0.1, -0.05) is 0 Å². The maximum Gasteiger partial charge on any atom is 0.490 e. The van der Waals surface area contributed by atoms with E-state index < -0.39 is 22.2 Å². The van der Waals surface area contributed by atoms with Crippen LogP contribution in [0.2, 0.25) is 0 Å². The maximum atomic E-state index is 12.6. The summed E-state index contributed by atoms with van der Waals surface area (Å²) in [4.78, 5) is 8.90. The van der Waals surface area contributed by atoms with Crippen LogP contribution in [0.5, 0.6) is 0 Å². The number of fused-ring (bicyclic) bond motifs is 1. The molecular formula is C17H24F3N3O5S. The van der Waals surface area contributed by atoms with E-state index in [0.717, 1.165) is 36.6 Å². The first-order chi connectivity index (χ1) is 13.5. The van der Waals surface area contributed by atoms with Crippen molar-refractivity contribution < 1.29 is 36.2 Å². The maximum absolute atomic E-state index is 12.6. The van der Waals surface area contributed by atoms with E-state index >= 15 is 0 Å². The Labute approximate surface area is 166 Å². The van der Waals surface area contributed by atoms with Crippen LogP contribution in [0.15, 0.2) is 6.20 Å². The number of aliphatic carboxylic acids is 1. The molecule has 1 atom stereocenters. The SMILES string of the molecule is Cn1ncc2c1C(COCC1CC1)CN(S(=O)(=O)C1CC1)C2.O=C(O)C(F)(F)F. The van der Waals surface area contributed by atoms with Crippen molar-refractivity contribution in [3.8, 4) is 0 Å². The Bertz CT molecular complexity index is 847. The first kappa shape index (κ1) is 22.0. The number of halogens is 3. The molecular weight excluding hydrogens is 415 g/mol. The molecule has 2 heterocycles. The molecule has 8 nitrogen and oxygen atoms in total. The molecule has 1 aromatic rings. The highest BCUT2D eigenvalue weighted by Crippen LogP contribution is 2.37. The van der Waals surface area contributed by atoms with Crippen LogP contribution >= 0.6 is 0 Å². The quantitative estimate of drug-likeness (QED) is 0.726. The first-order valence-corrected chi connectivity index (χ1v) is 10.9. The van der Waals surface area contributed by atoms with Crippen molar-refractivity contribution >= 4 is 16.0 Å². The van der Waals surface area contributed by atoms with Crippen molar-refractivity contribution in [2.75, 3.05) is 19.8 Å². The van der Waals surface area contributed by atoms with Crippen molar-refractivity contribution in [1.82, 2.24) is 14.1 Å². The summed E-state index contributed by atoms with van der Waals surface area (Å²) in [6.07, 6.45) is 0.870. The third-order valence-electron chi connectivity index (χ3n) is 5.14. The van der Waals surface area contributed by atoms with Gasteiger partial charge in [0.05, 0.1) is 18.1 Å². The second-order valence-corrected chi connectivity index (χ2v) is 9.91. The Morgan fingerprint density at radius 2 is 1.90 bits per heavy atom. The van der Waals surface area contributed by atoms with E-state index in [-0.39, 0.29) is 11.2 Å². The molecule has 12 heteroatoms. The zero-order valence-corrected chi connectivity index (χ0v) is 16.7. The summed E-state index contributed by atoms with van der Waals surface area (Å²) < 4.78 is 66.2. The smallest absolute Gasteiger partial charge is 0.475 e. The molecule has 1 aliphatic heterocycles. The summed E-state index contributed by atoms with van der Waals surface area (Å²) in [5.74, 6) is -1.95. The van der Waals surface area contributed by atoms with E-state index in [2.05, 4.69) is 5.10 Å². The van der Waals surface area contributed by atoms with Crippen LogP contribution in [0, 0.1) is 5.92 Å². The minimum Gasteiger partial charge on any atom is -0.475 e. The van der Waals surface area contributed by atoms with E-state index in [4.69, 9.17) is 14.6 Å². The van der Waals surface area contributed by atoms with Crippen molar-refractivity contribution in [3.63, 3.8) is 0 Å². The summed E-state index contributed by atoms with van der Waals surface area (Å²) >= 11 is 0. The predicted octanol–water partition coefficient (Wildman–Crippen LogP) is 1.87. The molecule has 1 aromatic heterocycles. The van der Waals surface area contributed by atoms with Crippen molar-refractivity contribution in [1.29, 1.82) is 0 Å². The molecule has 1 unspecified atom stereocenters. The van der Waals surface area contributed by atoms with Gasteiger partial charge in [-0.15, -0.1) is 0 Å². The molecule has 1 N–H and O–H groups in total. The molecule has 2 aliphatic carbocycles. The van der Waals surface area contributed by atoms with Gasteiger partial charge in [0, 0.05) is 43.9 Å². The van der Waals surface area contributed by atoms with E-state index in [1.54, 1.807) is 10.5 Å². The van der Waals surface area contributed by atoms with E-state index in [0.29, 0.717) is 19.7 Å². The number of rotatable bonds is 6. The molecule has 29 heavy (non-hydrogen) atoms. The summed E-state index contributed by atoms with van der Waals surface area (Å²) in [5.41, 5.74) is 2.16. The third-order valence-corrected chi connectivity index (χ3v) is 7.45. The predicted molar refractivity (Wildman–Crippen MR) is 95.5 cm³/mol. The van der Waals surface area contributed by atoms with E-state index in [1.165, 1.54) is 12.8 Å². The summed E-state index contributed by atoms with van der Waals surface area (Å²) in [5, 5.41) is 11.3. The topological polar surface area (TPSA) is 102 Å². The van der Waals surface area contributed by atoms with Gasteiger partial charge in [0.1, 0.15) is 0 Å². The fourth-order valence-corrected chi connectivity index (χ4v) is 5.15. The number of ether oxygens (including phenoxy) is 1. The number of hydrogen-bond donors (Lipinski definition) is 1. The normalized spacial score (nSPS) is 22.6. The van der Waals surface area contributed by atoms with Gasteiger partial charge >= 0.3 is 12.1 Å². The zero-order valence-electron chi connectivity index (χ0n) is 15.9. The number of aryl methyl sites for hydroxylation is 1. The average molecular weight is 439 g/mol. The first-order valence-electron chi connectivity index (χ1n) is 9.37. The Hall–Kier alpha value is -1.66. The zero-order chi connectivity index (χ0) is 21.4. The highest BCUT2D eigenvalue weighted by Gasteiger charge is 2.43. The molecule has 2 saturated carbocycles. The standard InChI is InChI=1S/C15H23N3O3S.C2HF3O2/c1-17-15-12(6-16-17)7-18(22(19,20)14-4-5-14)8-13(15)10-21-9-11-2-3-11;3-2(4,5)1(6)7/h6,11,13-14H,2-5,7-10H2,1H3;(H,6,7). The molecule has 0 spiro atoms. The number of nitrogens with zero attached hydrogens (tertiary/aromatic N) is 3. The lowest BCUT2D eigenvalue weighted by atomic mass is 9.99. The largest absolute Gasteiger partial charge is 0.490 e. The molecule has 164 valence electrons. The minimum atomic E-state index is -5.08. The molecule has 0 saturated heterocycles. The van der Waals surface area contributed by atoms with Gasteiger partial charge in [0.2, 0.25) is 10.0 Å². The van der Waals surface area contributed by atoms with Crippen LogP contribution in [0.3, 0.4) is 0 Å². The van der Waals surface area contributed by atoms with Crippen LogP contribution in [0.25, 0.3) is 0 Å². The van der Waals surface area contributed by atoms with Crippen LogP contribution < -0.4 is 0 Å². The second-order valence-electron chi connectivity index (χ2n) is 7.70. The van der Waals surface area contributed by atoms with Crippen LogP contribution in [0.4, 0.5) is 13.2 Å². The lowest BCUT2D eigenvalue weighted by Crippen LogP contribution is -2.41. The second kappa shape index (κ2) is 8.23.